The van der Waals surface area contributed by atoms with E-state index in [1.165, 1.54) is 0 Å². The summed E-state index contributed by atoms with van der Waals surface area (Å²) >= 11 is 0. The number of hydrogen-bond donors (Lipinski definition) is 2. The summed E-state index contributed by atoms with van der Waals surface area (Å²) in [5.41, 5.74) is 4.91. The molecule has 0 amide bonds. The van der Waals surface area contributed by atoms with Gasteiger partial charge in [0.25, 0.3) is 0 Å². The summed E-state index contributed by atoms with van der Waals surface area (Å²) in [5.74, 6) is 0.378. The number of phenols is 1. The van der Waals surface area contributed by atoms with E-state index in [1.54, 1.807) is 22.7 Å². The molecule has 0 bridgehead atoms. The molecule has 2 heterocycles. The Morgan fingerprint density at radius 3 is 2.33 bits per heavy atom. The molecule has 0 saturated heterocycles. The van der Waals surface area contributed by atoms with Gasteiger partial charge in [-0.1, -0.05) is 43.7 Å². The lowest BCUT2D eigenvalue weighted by atomic mass is 10.1. The van der Waals surface area contributed by atoms with Crippen molar-refractivity contribution in [2.45, 2.75) is 26.2 Å². The van der Waals surface area contributed by atoms with Crippen LogP contribution >= 0.6 is 0 Å². The SMILES string of the molecule is CCCc1nc2c(Cc3ccccc3)nc(-c3ccc(O)cc3)cn2c1O. The summed E-state index contributed by atoms with van der Waals surface area (Å²) in [7, 11) is 0. The van der Waals surface area contributed by atoms with Gasteiger partial charge in [0.2, 0.25) is 5.88 Å². The minimum atomic E-state index is 0.170. The van der Waals surface area contributed by atoms with Crippen LogP contribution in [0.2, 0.25) is 0 Å². The van der Waals surface area contributed by atoms with Crippen LogP contribution in [-0.2, 0) is 12.8 Å². The highest BCUT2D eigenvalue weighted by Gasteiger charge is 2.17. The summed E-state index contributed by atoms with van der Waals surface area (Å²) in [6.45, 7) is 2.06. The van der Waals surface area contributed by atoms with Gasteiger partial charge in [-0.05, 0) is 36.2 Å². The van der Waals surface area contributed by atoms with E-state index in [9.17, 15) is 10.2 Å². The Balaban J connectivity index is 1.89. The number of benzene rings is 2. The van der Waals surface area contributed by atoms with Crippen LogP contribution in [0.3, 0.4) is 0 Å². The molecular weight excluding hydrogens is 338 g/mol. The van der Waals surface area contributed by atoms with Crippen molar-refractivity contribution < 1.29 is 10.2 Å². The van der Waals surface area contributed by atoms with E-state index in [-0.39, 0.29) is 11.6 Å². The van der Waals surface area contributed by atoms with E-state index in [0.717, 1.165) is 28.9 Å². The molecule has 136 valence electrons. The molecule has 2 aromatic carbocycles. The highest BCUT2D eigenvalue weighted by Crippen LogP contribution is 2.28. The van der Waals surface area contributed by atoms with Crippen molar-refractivity contribution in [1.82, 2.24) is 14.4 Å². The molecule has 5 nitrogen and oxygen atoms in total. The lowest BCUT2D eigenvalue weighted by Crippen LogP contribution is -2.00. The van der Waals surface area contributed by atoms with Gasteiger partial charge in [0.1, 0.15) is 11.4 Å². The molecule has 0 spiro atoms. The fourth-order valence-electron chi connectivity index (χ4n) is 3.23. The lowest BCUT2D eigenvalue weighted by molar-refractivity contribution is 0.440. The Hall–Kier alpha value is -3.34. The van der Waals surface area contributed by atoms with Crippen LogP contribution in [0.15, 0.2) is 60.8 Å². The number of nitrogens with zero attached hydrogens (tertiary/aromatic N) is 3. The molecule has 0 saturated carbocycles. The molecule has 4 aromatic rings. The second-order valence-corrected chi connectivity index (χ2v) is 6.61. The number of rotatable bonds is 5. The van der Waals surface area contributed by atoms with Gasteiger partial charge in [0, 0.05) is 18.2 Å². The number of aromatic nitrogens is 3. The average molecular weight is 359 g/mol. The average Bonchev–Trinajstić information content (AvgIpc) is 3.00. The van der Waals surface area contributed by atoms with Crippen molar-refractivity contribution in [1.29, 1.82) is 0 Å². The van der Waals surface area contributed by atoms with Crippen molar-refractivity contribution in [3.63, 3.8) is 0 Å². The third kappa shape index (κ3) is 3.36. The molecule has 5 heteroatoms. The van der Waals surface area contributed by atoms with Crippen LogP contribution in [0.1, 0.15) is 30.3 Å². The van der Waals surface area contributed by atoms with Crippen LogP contribution < -0.4 is 0 Å². The summed E-state index contributed by atoms with van der Waals surface area (Å²) in [5, 5.41) is 20.2. The maximum atomic E-state index is 10.7. The Morgan fingerprint density at radius 1 is 0.889 bits per heavy atom. The van der Waals surface area contributed by atoms with Gasteiger partial charge in [0.05, 0.1) is 11.4 Å². The van der Waals surface area contributed by atoms with Gasteiger partial charge in [0.15, 0.2) is 5.65 Å². The van der Waals surface area contributed by atoms with E-state index in [4.69, 9.17) is 4.98 Å². The lowest BCUT2D eigenvalue weighted by Gasteiger charge is -2.08. The number of imidazole rings is 1. The standard InChI is InChI=1S/C22H21N3O2/c1-2-6-18-22(27)25-14-20(16-9-11-17(26)12-10-16)23-19(21(25)24-18)13-15-7-4-3-5-8-15/h3-5,7-12,14,26-27H,2,6,13H2,1H3. The first kappa shape index (κ1) is 17.1. The third-order valence-electron chi connectivity index (χ3n) is 4.58. The first-order chi connectivity index (χ1) is 13.2. The van der Waals surface area contributed by atoms with Crippen molar-refractivity contribution in [2.75, 3.05) is 0 Å². The van der Waals surface area contributed by atoms with Crippen molar-refractivity contribution in [3.8, 4) is 22.9 Å². The summed E-state index contributed by atoms with van der Waals surface area (Å²) in [6, 6.07) is 17.0. The minimum absolute atomic E-state index is 0.170. The van der Waals surface area contributed by atoms with Crippen LogP contribution in [0.5, 0.6) is 11.6 Å². The predicted octanol–water partition coefficient (Wildman–Crippen LogP) is 4.35. The molecule has 2 N–H and O–H groups in total. The number of phenolic OH excluding ortho intramolecular Hbond substituents is 1. The molecule has 0 aliphatic rings. The van der Waals surface area contributed by atoms with Crippen LogP contribution in [0.25, 0.3) is 16.9 Å². The van der Waals surface area contributed by atoms with Crippen LogP contribution in [0.4, 0.5) is 0 Å². The molecule has 0 radical (unpaired) electrons. The summed E-state index contributed by atoms with van der Waals surface area (Å²) in [6.07, 6.45) is 4.05. The largest absolute Gasteiger partial charge is 0.508 e. The Labute approximate surface area is 157 Å². The van der Waals surface area contributed by atoms with Crippen LogP contribution in [0, 0.1) is 0 Å². The molecule has 0 aliphatic heterocycles. The zero-order valence-electron chi connectivity index (χ0n) is 15.1. The summed E-state index contributed by atoms with van der Waals surface area (Å²) in [4.78, 5) is 9.49. The monoisotopic (exact) mass is 359 g/mol. The van der Waals surface area contributed by atoms with Crippen LogP contribution in [-0.4, -0.2) is 24.6 Å². The van der Waals surface area contributed by atoms with E-state index >= 15 is 0 Å². The van der Waals surface area contributed by atoms with Gasteiger partial charge >= 0.3 is 0 Å². The van der Waals surface area contributed by atoms with Crippen molar-refractivity contribution >= 4 is 5.65 Å². The van der Waals surface area contributed by atoms with Gasteiger partial charge < -0.3 is 10.2 Å². The van der Waals surface area contributed by atoms with Crippen molar-refractivity contribution in [3.05, 3.63) is 77.7 Å². The number of aromatic hydroxyl groups is 2. The Bertz CT molecular complexity index is 1070. The Kier molecular flexibility index (Phi) is 4.50. The second-order valence-electron chi connectivity index (χ2n) is 6.61. The quantitative estimate of drug-likeness (QED) is 0.556. The zero-order chi connectivity index (χ0) is 18.8. The normalized spacial score (nSPS) is 11.1. The van der Waals surface area contributed by atoms with E-state index in [1.807, 2.05) is 30.3 Å². The van der Waals surface area contributed by atoms with Crippen molar-refractivity contribution in [2.24, 2.45) is 0 Å². The number of aryl methyl sites for hydroxylation is 1. The second kappa shape index (κ2) is 7.11. The molecule has 2 aromatic heterocycles. The van der Waals surface area contributed by atoms with Gasteiger partial charge in [-0.2, -0.15) is 0 Å². The first-order valence-electron chi connectivity index (χ1n) is 9.09. The first-order valence-corrected chi connectivity index (χ1v) is 9.09. The number of fused-ring (bicyclic) bond motifs is 1. The van der Waals surface area contributed by atoms with Gasteiger partial charge in [-0.3, -0.25) is 4.40 Å². The topological polar surface area (TPSA) is 70.7 Å². The maximum Gasteiger partial charge on any atom is 0.219 e. The van der Waals surface area contributed by atoms with E-state index in [2.05, 4.69) is 24.0 Å². The fraction of sp³-hybridized carbons (Fsp3) is 0.182. The predicted molar refractivity (Wildman–Crippen MR) is 105 cm³/mol. The summed E-state index contributed by atoms with van der Waals surface area (Å²) < 4.78 is 1.72. The fourth-order valence-corrected chi connectivity index (χ4v) is 3.23. The third-order valence-corrected chi connectivity index (χ3v) is 4.58. The molecule has 0 atom stereocenters. The minimum Gasteiger partial charge on any atom is -0.508 e. The molecule has 0 unspecified atom stereocenters. The highest BCUT2D eigenvalue weighted by molar-refractivity contribution is 5.63. The number of hydrogen-bond acceptors (Lipinski definition) is 4. The van der Waals surface area contributed by atoms with E-state index in [0.29, 0.717) is 24.2 Å². The maximum absolute atomic E-state index is 10.7. The van der Waals surface area contributed by atoms with E-state index < -0.39 is 0 Å². The van der Waals surface area contributed by atoms with Gasteiger partial charge in [-0.15, -0.1) is 0 Å². The highest BCUT2D eigenvalue weighted by atomic mass is 16.3. The molecular formula is C22H21N3O2. The van der Waals surface area contributed by atoms with Gasteiger partial charge in [-0.25, -0.2) is 9.97 Å². The smallest absolute Gasteiger partial charge is 0.219 e. The molecule has 0 aliphatic carbocycles. The molecule has 4 rings (SSSR count). The molecule has 0 fully saturated rings. The molecule has 27 heavy (non-hydrogen) atoms. The Morgan fingerprint density at radius 2 is 1.63 bits per heavy atom. The zero-order valence-corrected chi connectivity index (χ0v) is 15.1.